The second-order valence-corrected chi connectivity index (χ2v) is 8.75. The van der Waals surface area contributed by atoms with Gasteiger partial charge in [0, 0.05) is 19.6 Å². The zero-order chi connectivity index (χ0) is 24.9. The summed E-state index contributed by atoms with van der Waals surface area (Å²) in [5, 5.41) is 11.9. The third kappa shape index (κ3) is 5.31. The maximum atomic E-state index is 13.3. The number of benzene rings is 2. The van der Waals surface area contributed by atoms with Crippen LogP contribution in [0.2, 0.25) is 0 Å². The first kappa shape index (κ1) is 24.7. The van der Waals surface area contributed by atoms with Crippen LogP contribution in [-0.2, 0) is 23.8 Å². The summed E-state index contributed by atoms with van der Waals surface area (Å²) in [6.45, 7) is 2.42. The molecule has 4 rings (SSSR count). The van der Waals surface area contributed by atoms with E-state index in [0.717, 1.165) is 22.3 Å². The molecule has 0 aromatic heterocycles. The van der Waals surface area contributed by atoms with E-state index in [0.29, 0.717) is 6.61 Å². The van der Waals surface area contributed by atoms with E-state index in [2.05, 4.69) is 17.4 Å². The highest BCUT2D eigenvalue weighted by Gasteiger charge is 2.37. The number of aliphatic carboxylic acids is 1. The molecule has 2 aromatic rings. The Morgan fingerprint density at radius 2 is 1.74 bits per heavy atom. The molecule has 0 bridgehead atoms. The van der Waals surface area contributed by atoms with Crippen molar-refractivity contribution in [2.24, 2.45) is 0 Å². The lowest BCUT2D eigenvalue weighted by atomic mass is 9.98. The van der Waals surface area contributed by atoms with Gasteiger partial charge in [-0.05, 0) is 29.2 Å². The van der Waals surface area contributed by atoms with Crippen molar-refractivity contribution < 1.29 is 33.7 Å². The molecule has 1 fully saturated rings. The average Bonchev–Trinajstić information content (AvgIpc) is 3.19. The van der Waals surface area contributed by atoms with Gasteiger partial charge in [-0.3, -0.25) is 9.59 Å². The van der Waals surface area contributed by atoms with Crippen molar-refractivity contribution in [1.82, 2.24) is 10.2 Å². The molecular formula is C26H30N2O7. The summed E-state index contributed by atoms with van der Waals surface area (Å²) >= 11 is 0. The van der Waals surface area contributed by atoms with E-state index in [1.165, 1.54) is 12.0 Å². The van der Waals surface area contributed by atoms with Crippen LogP contribution < -0.4 is 5.32 Å². The lowest BCUT2D eigenvalue weighted by molar-refractivity contribution is -0.149. The molecule has 2 aliphatic rings. The fraction of sp³-hybridized carbons (Fsp3) is 0.423. The van der Waals surface area contributed by atoms with E-state index in [1.54, 1.807) is 6.92 Å². The number of carbonyl (C=O) groups excluding carboxylic acids is 2. The zero-order valence-electron chi connectivity index (χ0n) is 19.8. The Bertz CT molecular complexity index is 1040. The van der Waals surface area contributed by atoms with Crippen LogP contribution in [-0.4, -0.2) is 79.6 Å². The minimum Gasteiger partial charge on any atom is -0.481 e. The summed E-state index contributed by atoms with van der Waals surface area (Å²) in [4.78, 5) is 38.9. The number of alkyl carbamates (subject to hydrolysis) is 1. The molecule has 2 amide bonds. The number of fused-ring (bicyclic) bond motifs is 3. The first-order valence-electron chi connectivity index (χ1n) is 11.6. The molecule has 0 saturated carbocycles. The first-order chi connectivity index (χ1) is 16.9. The van der Waals surface area contributed by atoms with Crippen LogP contribution in [0.4, 0.5) is 4.79 Å². The predicted molar refractivity (Wildman–Crippen MR) is 127 cm³/mol. The van der Waals surface area contributed by atoms with Crippen molar-refractivity contribution in [1.29, 1.82) is 0 Å². The van der Waals surface area contributed by atoms with Crippen molar-refractivity contribution in [3.63, 3.8) is 0 Å². The molecule has 2 N–H and O–H groups in total. The fourth-order valence-electron chi connectivity index (χ4n) is 4.78. The van der Waals surface area contributed by atoms with Gasteiger partial charge in [-0.1, -0.05) is 48.5 Å². The van der Waals surface area contributed by atoms with Gasteiger partial charge in [0.25, 0.3) is 0 Å². The summed E-state index contributed by atoms with van der Waals surface area (Å²) in [7, 11) is 1.44. The van der Waals surface area contributed by atoms with Crippen LogP contribution >= 0.6 is 0 Å². The van der Waals surface area contributed by atoms with Gasteiger partial charge >= 0.3 is 12.1 Å². The molecule has 1 saturated heterocycles. The normalized spacial score (nSPS) is 18.8. The van der Waals surface area contributed by atoms with Gasteiger partial charge in [-0.2, -0.15) is 0 Å². The molecule has 9 heteroatoms. The zero-order valence-corrected chi connectivity index (χ0v) is 19.8. The maximum absolute atomic E-state index is 13.3. The van der Waals surface area contributed by atoms with Crippen LogP contribution in [0.1, 0.15) is 30.4 Å². The Morgan fingerprint density at radius 1 is 1.11 bits per heavy atom. The molecule has 0 radical (unpaired) electrons. The third-order valence-corrected chi connectivity index (χ3v) is 6.65. The van der Waals surface area contributed by atoms with Crippen LogP contribution in [0.5, 0.6) is 0 Å². The monoisotopic (exact) mass is 482 g/mol. The van der Waals surface area contributed by atoms with Crippen LogP contribution in [0.15, 0.2) is 48.5 Å². The smallest absolute Gasteiger partial charge is 0.407 e. The van der Waals surface area contributed by atoms with Crippen LogP contribution in [0.25, 0.3) is 11.1 Å². The number of hydrogen-bond donors (Lipinski definition) is 2. The van der Waals surface area contributed by atoms with E-state index in [1.807, 2.05) is 36.4 Å². The standard InChI is InChI=1S/C26H30N2O7/c1-16(33-2)24(25(31)28-11-12-34-14-17(28)13-23(29)30)27-26(32)35-15-22-20-9-5-3-7-18(20)19-8-4-6-10-21(19)22/h3-10,16-17,22,24H,11-15H2,1-2H3,(H,27,32)(H,29,30)/t16-,17?,24+/m1/s1. The van der Waals surface area contributed by atoms with Gasteiger partial charge in [-0.25, -0.2) is 4.79 Å². The highest BCUT2D eigenvalue weighted by molar-refractivity contribution is 5.87. The predicted octanol–water partition coefficient (Wildman–Crippen LogP) is 2.63. The molecule has 2 aromatic carbocycles. The number of rotatable bonds is 8. The van der Waals surface area contributed by atoms with Gasteiger partial charge in [-0.15, -0.1) is 0 Å². The quantitative estimate of drug-likeness (QED) is 0.594. The largest absolute Gasteiger partial charge is 0.481 e. The number of hydrogen-bond acceptors (Lipinski definition) is 6. The van der Waals surface area contributed by atoms with Crippen molar-refractivity contribution in [3.05, 3.63) is 59.7 Å². The summed E-state index contributed by atoms with van der Waals surface area (Å²) in [5.41, 5.74) is 4.42. The minimum atomic E-state index is -1.04. The van der Waals surface area contributed by atoms with Crippen molar-refractivity contribution >= 4 is 18.0 Å². The van der Waals surface area contributed by atoms with Gasteiger partial charge in [0.15, 0.2) is 0 Å². The molecule has 1 unspecified atom stereocenters. The number of ether oxygens (including phenoxy) is 3. The molecule has 3 atom stereocenters. The van der Waals surface area contributed by atoms with E-state index in [-0.39, 0.29) is 32.1 Å². The lowest BCUT2D eigenvalue weighted by Gasteiger charge is -2.38. The van der Waals surface area contributed by atoms with E-state index < -0.39 is 36.2 Å². The molecule has 1 aliphatic heterocycles. The second-order valence-electron chi connectivity index (χ2n) is 8.75. The molecule has 186 valence electrons. The summed E-state index contributed by atoms with van der Waals surface area (Å²) in [6.07, 6.45) is -1.64. The maximum Gasteiger partial charge on any atom is 0.407 e. The van der Waals surface area contributed by atoms with E-state index >= 15 is 0 Å². The number of nitrogens with zero attached hydrogens (tertiary/aromatic N) is 1. The number of carbonyl (C=O) groups is 3. The Hall–Kier alpha value is -3.43. The molecule has 1 heterocycles. The Balaban J connectivity index is 1.45. The minimum absolute atomic E-state index is 0.110. The average molecular weight is 483 g/mol. The Kier molecular flexibility index (Phi) is 7.67. The molecule has 35 heavy (non-hydrogen) atoms. The van der Waals surface area contributed by atoms with Crippen LogP contribution in [0, 0.1) is 0 Å². The van der Waals surface area contributed by atoms with Gasteiger partial charge in [0.1, 0.15) is 12.6 Å². The Labute approximate surface area is 204 Å². The lowest BCUT2D eigenvalue weighted by Crippen LogP contribution is -2.59. The topological polar surface area (TPSA) is 114 Å². The van der Waals surface area contributed by atoms with Crippen molar-refractivity contribution in [3.8, 4) is 11.1 Å². The van der Waals surface area contributed by atoms with Gasteiger partial charge in [0.05, 0.1) is 31.8 Å². The highest BCUT2D eigenvalue weighted by Crippen LogP contribution is 2.44. The van der Waals surface area contributed by atoms with E-state index in [9.17, 15) is 19.5 Å². The number of amides is 2. The SMILES string of the molecule is CO[C@H](C)[C@H](NC(=O)OCC1c2ccccc2-c2ccccc21)C(=O)N1CCOCC1CC(=O)O. The fourth-order valence-corrected chi connectivity index (χ4v) is 4.78. The van der Waals surface area contributed by atoms with Gasteiger partial charge in [0.2, 0.25) is 5.91 Å². The number of methoxy groups -OCH3 is 1. The second kappa shape index (κ2) is 10.9. The highest BCUT2D eigenvalue weighted by atomic mass is 16.5. The number of morpholine rings is 1. The van der Waals surface area contributed by atoms with Gasteiger partial charge < -0.3 is 29.5 Å². The molecule has 0 spiro atoms. The number of nitrogens with one attached hydrogen (secondary N) is 1. The van der Waals surface area contributed by atoms with Crippen LogP contribution in [0.3, 0.4) is 0 Å². The van der Waals surface area contributed by atoms with E-state index in [4.69, 9.17) is 14.2 Å². The summed E-state index contributed by atoms with van der Waals surface area (Å²) in [5.74, 6) is -1.57. The number of carboxylic acid groups (broad SMARTS) is 1. The molecule has 9 nitrogen and oxygen atoms in total. The van der Waals surface area contributed by atoms with Crippen molar-refractivity contribution in [2.45, 2.75) is 37.5 Å². The summed E-state index contributed by atoms with van der Waals surface area (Å²) in [6, 6.07) is 14.4. The third-order valence-electron chi connectivity index (χ3n) is 6.65. The number of carboxylic acids is 1. The first-order valence-corrected chi connectivity index (χ1v) is 11.6. The summed E-state index contributed by atoms with van der Waals surface area (Å²) < 4.78 is 16.3. The van der Waals surface area contributed by atoms with Crippen molar-refractivity contribution in [2.75, 3.05) is 33.5 Å². The molecule has 1 aliphatic carbocycles. The molecular weight excluding hydrogens is 452 g/mol. The Morgan fingerprint density at radius 3 is 2.34 bits per heavy atom.